The lowest BCUT2D eigenvalue weighted by Crippen LogP contribution is -2.38. The fraction of sp³-hybridized carbons (Fsp3) is 0.500. The fourth-order valence-electron chi connectivity index (χ4n) is 2.54. The van der Waals surface area contributed by atoms with E-state index in [1.54, 1.807) is 4.90 Å². The van der Waals surface area contributed by atoms with Gasteiger partial charge in [-0.05, 0) is 38.1 Å². The van der Waals surface area contributed by atoms with Gasteiger partial charge in [0.05, 0.1) is 0 Å². The first kappa shape index (κ1) is 18.5. The standard InChI is InChI=1S/C16H23N3O2.ClH/c1-17-10-4-11-18-15(20)9-12-19-14-6-3-2-5-13(14)7-8-16(19)21;/h2-3,5-6,17H,4,7-12H2,1H3,(H,18,20);1H. The van der Waals surface area contributed by atoms with Crippen molar-refractivity contribution in [2.75, 3.05) is 31.6 Å². The second-order valence-corrected chi connectivity index (χ2v) is 5.23. The molecule has 0 spiro atoms. The average molecular weight is 326 g/mol. The number of nitrogens with one attached hydrogen (secondary N) is 2. The number of nitrogens with zero attached hydrogens (tertiary/aromatic N) is 1. The summed E-state index contributed by atoms with van der Waals surface area (Å²) in [6.45, 7) is 2.01. The van der Waals surface area contributed by atoms with E-state index >= 15 is 0 Å². The van der Waals surface area contributed by atoms with Gasteiger partial charge in [-0.1, -0.05) is 18.2 Å². The molecule has 1 aliphatic rings. The summed E-state index contributed by atoms with van der Waals surface area (Å²) >= 11 is 0. The molecule has 2 rings (SSSR count). The Morgan fingerprint density at radius 1 is 1.23 bits per heavy atom. The summed E-state index contributed by atoms with van der Waals surface area (Å²) in [6, 6.07) is 7.92. The van der Waals surface area contributed by atoms with E-state index in [4.69, 9.17) is 0 Å². The lowest BCUT2D eigenvalue weighted by atomic mass is 10.0. The Balaban J connectivity index is 0.00000242. The van der Waals surface area contributed by atoms with E-state index in [0.29, 0.717) is 25.9 Å². The summed E-state index contributed by atoms with van der Waals surface area (Å²) < 4.78 is 0. The van der Waals surface area contributed by atoms with Gasteiger partial charge in [0, 0.05) is 31.6 Å². The summed E-state index contributed by atoms with van der Waals surface area (Å²) in [5.74, 6) is 0.110. The third-order valence-electron chi connectivity index (χ3n) is 3.68. The molecule has 2 amide bonds. The lowest BCUT2D eigenvalue weighted by Gasteiger charge is -2.29. The van der Waals surface area contributed by atoms with Gasteiger partial charge in [-0.15, -0.1) is 12.4 Å². The minimum Gasteiger partial charge on any atom is -0.356 e. The molecule has 0 bridgehead atoms. The van der Waals surface area contributed by atoms with Crippen LogP contribution in [0.1, 0.15) is 24.8 Å². The first-order valence-corrected chi connectivity index (χ1v) is 7.52. The largest absolute Gasteiger partial charge is 0.356 e. The Kier molecular flexibility index (Phi) is 7.91. The van der Waals surface area contributed by atoms with Crippen LogP contribution in [0.3, 0.4) is 0 Å². The molecular formula is C16H24ClN3O2. The highest BCUT2D eigenvalue weighted by atomic mass is 35.5. The molecule has 1 aliphatic heterocycles. The summed E-state index contributed by atoms with van der Waals surface area (Å²) in [5.41, 5.74) is 2.14. The molecule has 0 saturated carbocycles. The van der Waals surface area contributed by atoms with Gasteiger partial charge in [-0.3, -0.25) is 9.59 Å². The number of carbonyl (C=O) groups is 2. The fourth-order valence-corrected chi connectivity index (χ4v) is 2.54. The molecule has 6 heteroatoms. The maximum atomic E-state index is 12.1. The third-order valence-corrected chi connectivity index (χ3v) is 3.68. The van der Waals surface area contributed by atoms with E-state index in [1.807, 2.05) is 31.3 Å². The van der Waals surface area contributed by atoms with Crippen LogP contribution in [0.4, 0.5) is 5.69 Å². The highest BCUT2D eigenvalue weighted by Crippen LogP contribution is 2.27. The van der Waals surface area contributed by atoms with E-state index in [1.165, 1.54) is 5.56 Å². The molecule has 0 saturated heterocycles. The van der Waals surface area contributed by atoms with Gasteiger partial charge >= 0.3 is 0 Å². The van der Waals surface area contributed by atoms with Gasteiger partial charge in [0.1, 0.15) is 0 Å². The van der Waals surface area contributed by atoms with Gasteiger partial charge in [0.25, 0.3) is 0 Å². The first-order valence-electron chi connectivity index (χ1n) is 7.52. The quantitative estimate of drug-likeness (QED) is 0.747. The molecular weight excluding hydrogens is 302 g/mol. The summed E-state index contributed by atoms with van der Waals surface area (Å²) in [5, 5.41) is 5.92. The maximum absolute atomic E-state index is 12.1. The number of fused-ring (bicyclic) bond motifs is 1. The van der Waals surface area contributed by atoms with Crippen LogP contribution in [-0.2, 0) is 16.0 Å². The molecule has 0 aromatic heterocycles. The molecule has 1 aromatic carbocycles. The molecule has 0 unspecified atom stereocenters. The number of anilines is 1. The van der Waals surface area contributed by atoms with E-state index in [9.17, 15) is 9.59 Å². The molecule has 1 aromatic rings. The van der Waals surface area contributed by atoms with Crippen molar-refractivity contribution in [2.45, 2.75) is 25.7 Å². The van der Waals surface area contributed by atoms with Crippen LogP contribution in [0.2, 0.25) is 0 Å². The Bertz CT molecular complexity index is 508. The zero-order valence-corrected chi connectivity index (χ0v) is 13.7. The van der Waals surface area contributed by atoms with E-state index in [0.717, 1.165) is 25.1 Å². The number of hydrogen-bond donors (Lipinski definition) is 2. The molecule has 0 fully saturated rings. The topological polar surface area (TPSA) is 61.4 Å². The highest BCUT2D eigenvalue weighted by Gasteiger charge is 2.23. The van der Waals surface area contributed by atoms with Crippen molar-refractivity contribution in [1.82, 2.24) is 10.6 Å². The Morgan fingerprint density at radius 2 is 2.00 bits per heavy atom. The lowest BCUT2D eigenvalue weighted by molar-refractivity contribution is -0.121. The minimum absolute atomic E-state index is 0. The second kappa shape index (κ2) is 9.43. The number of benzene rings is 1. The summed E-state index contributed by atoms with van der Waals surface area (Å²) in [4.78, 5) is 25.6. The molecule has 0 aliphatic carbocycles. The Morgan fingerprint density at radius 3 is 2.77 bits per heavy atom. The highest BCUT2D eigenvalue weighted by molar-refractivity contribution is 5.96. The van der Waals surface area contributed by atoms with Crippen molar-refractivity contribution in [1.29, 1.82) is 0 Å². The van der Waals surface area contributed by atoms with Crippen molar-refractivity contribution in [2.24, 2.45) is 0 Å². The monoisotopic (exact) mass is 325 g/mol. The molecule has 1 heterocycles. The third kappa shape index (κ3) is 5.00. The normalized spacial score (nSPS) is 13.3. The van der Waals surface area contributed by atoms with Crippen LogP contribution in [0, 0.1) is 0 Å². The molecule has 0 radical (unpaired) electrons. The van der Waals surface area contributed by atoms with E-state index < -0.39 is 0 Å². The zero-order chi connectivity index (χ0) is 15.1. The molecule has 0 atom stereocenters. The zero-order valence-electron chi connectivity index (χ0n) is 12.9. The molecule has 2 N–H and O–H groups in total. The van der Waals surface area contributed by atoms with E-state index in [2.05, 4.69) is 10.6 Å². The van der Waals surface area contributed by atoms with Crippen molar-refractivity contribution >= 4 is 29.9 Å². The van der Waals surface area contributed by atoms with Gasteiger partial charge in [0.2, 0.25) is 11.8 Å². The van der Waals surface area contributed by atoms with Crippen LogP contribution in [0.15, 0.2) is 24.3 Å². The molecule has 122 valence electrons. The van der Waals surface area contributed by atoms with Gasteiger partial charge in [-0.25, -0.2) is 0 Å². The van der Waals surface area contributed by atoms with Crippen LogP contribution in [0.25, 0.3) is 0 Å². The maximum Gasteiger partial charge on any atom is 0.227 e. The average Bonchev–Trinajstić information content (AvgIpc) is 2.50. The van der Waals surface area contributed by atoms with Gasteiger partial charge in [-0.2, -0.15) is 0 Å². The van der Waals surface area contributed by atoms with Crippen LogP contribution >= 0.6 is 12.4 Å². The number of amides is 2. The Hall–Kier alpha value is -1.59. The number of halogens is 1. The van der Waals surface area contributed by atoms with Gasteiger partial charge in [0.15, 0.2) is 0 Å². The van der Waals surface area contributed by atoms with Crippen molar-refractivity contribution in [3.05, 3.63) is 29.8 Å². The van der Waals surface area contributed by atoms with Crippen LogP contribution in [-0.4, -0.2) is 38.5 Å². The van der Waals surface area contributed by atoms with Crippen molar-refractivity contribution in [3.8, 4) is 0 Å². The number of aryl methyl sites for hydroxylation is 1. The predicted molar refractivity (Wildman–Crippen MR) is 90.5 cm³/mol. The second-order valence-electron chi connectivity index (χ2n) is 5.23. The molecule has 22 heavy (non-hydrogen) atoms. The van der Waals surface area contributed by atoms with Crippen LogP contribution < -0.4 is 15.5 Å². The minimum atomic E-state index is 0. The number of hydrogen-bond acceptors (Lipinski definition) is 3. The smallest absolute Gasteiger partial charge is 0.227 e. The van der Waals surface area contributed by atoms with E-state index in [-0.39, 0.29) is 24.2 Å². The summed E-state index contributed by atoms with van der Waals surface area (Å²) in [6.07, 6.45) is 2.58. The number of para-hydroxylation sites is 1. The summed E-state index contributed by atoms with van der Waals surface area (Å²) in [7, 11) is 1.89. The van der Waals surface area contributed by atoms with Crippen molar-refractivity contribution in [3.63, 3.8) is 0 Å². The SMILES string of the molecule is CNCCCNC(=O)CCN1C(=O)CCc2ccccc21.Cl. The molecule has 5 nitrogen and oxygen atoms in total. The predicted octanol–water partition coefficient (Wildman–Crippen LogP) is 1.50. The van der Waals surface area contributed by atoms with Crippen molar-refractivity contribution < 1.29 is 9.59 Å². The number of rotatable bonds is 7. The van der Waals surface area contributed by atoms with Crippen LogP contribution in [0.5, 0.6) is 0 Å². The first-order chi connectivity index (χ1) is 10.2. The number of carbonyl (C=O) groups excluding carboxylic acids is 2. The Labute approximate surface area is 137 Å². The van der Waals surface area contributed by atoms with Gasteiger partial charge < -0.3 is 15.5 Å².